The zero-order valence-corrected chi connectivity index (χ0v) is 23.7. The van der Waals surface area contributed by atoms with Crippen LogP contribution in [0.25, 0.3) is 32.9 Å². The van der Waals surface area contributed by atoms with E-state index in [0.717, 1.165) is 57.8 Å². The molecule has 10 heteroatoms. The van der Waals surface area contributed by atoms with Crippen molar-refractivity contribution in [2.45, 2.75) is 78.6 Å². The summed E-state index contributed by atoms with van der Waals surface area (Å²) in [5.41, 5.74) is 2.59. The highest BCUT2D eigenvalue weighted by Crippen LogP contribution is 2.36. The molecule has 3 aromatic heterocycles. The fraction of sp³-hybridized carbons (Fsp3) is 0.500. The Morgan fingerprint density at radius 3 is 2.00 bits per heavy atom. The Labute approximate surface area is 234 Å². The summed E-state index contributed by atoms with van der Waals surface area (Å²) in [6.45, 7) is 7.93. The summed E-state index contributed by atoms with van der Waals surface area (Å²) >= 11 is 0. The van der Waals surface area contributed by atoms with Crippen LogP contribution in [0, 0.1) is 0 Å². The number of carbonyl (C=O) groups excluding carboxylic acids is 3. The molecule has 3 amide bonds. The van der Waals surface area contributed by atoms with Gasteiger partial charge in [0.2, 0.25) is 0 Å². The van der Waals surface area contributed by atoms with Gasteiger partial charge in [0.1, 0.15) is 16.9 Å². The zero-order valence-electron chi connectivity index (χ0n) is 23.7. The van der Waals surface area contributed by atoms with Crippen molar-refractivity contribution >= 4 is 50.6 Å². The molecule has 10 nitrogen and oxygen atoms in total. The lowest BCUT2D eigenvalue weighted by atomic mass is 10.0. The normalized spacial score (nSPS) is 11.4. The van der Waals surface area contributed by atoms with Crippen molar-refractivity contribution in [1.29, 1.82) is 0 Å². The largest absolute Gasteiger partial charge is 0.443 e. The van der Waals surface area contributed by atoms with Crippen LogP contribution < -0.4 is 16.0 Å². The molecule has 0 saturated carbocycles. The molecule has 40 heavy (non-hydrogen) atoms. The number of carbonyl (C=O) groups is 3. The van der Waals surface area contributed by atoms with Gasteiger partial charge in [0, 0.05) is 30.4 Å². The first-order valence-electron chi connectivity index (χ1n) is 14.6. The van der Waals surface area contributed by atoms with E-state index in [0.29, 0.717) is 58.1 Å². The molecule has 214 valence electrons. The van der Waals surface area contributed by atoms with Crippen LogP contribution in [0.15, 0.2) is 22.9 Å². The van der Waals surface area contributed by atoms with Crippen LogP contribution in [0.3, 0.4) is 0 Å². The van der Waals surface area contributed by atoms with Crippen LogP contribution in [-0.4, -0.2) is 52.3 Å². The van der Waals surface area contributed by atoms with Crippen LogP contribution in [-0.2, 0) is 0 Å². The maximum atomic E-state index is 13.5. The highest BCUT2D eigenvalue weighted by molar-refractivity contribution is 6.26. The standard InChI is InChI=1S/C30H40N6O4/c1-4-7-10-13-31-28(37)19-16-21(29(38)32-14-11-8-5-2)36-25-23(19)24-20(27-26(25)34-18-40-27)17-22(35-24)30(39)33-15-12-9-6-3/h16-18,36H,4-15H2,1-3H3,(H,31,37)(H,32,38)(H,33,39). The number of oxazole rings is 1. The van der Waals surface area contributed by atoms with E-state index < -0.39 is 0 Å². The number of nitrogens with one attached hydrogen (secondary N) is 4. The van der Waals surface area contributed by atoms with Crippen LogP contribution in [0.5, 0.6) is 0 Å². The Morgan fingerprint density at radius 2 is 1.38 bits per heavy atom. The molecule has 0 aliphatic rings. The second kappa shape index (κ2) is 13.9. The van der Waals surface area contributed by atoms with Crippen molar-refractivity contribution in [3.63, 3.8) is 0 Å². The average Bonchev–Trinajstić information content (AvgIpc) is 3.63. The Morgan fingerprint density at radius 1 is 0.775 bits per heavy atom. The number of nitrogens with zero attached hydrogens (tertiary/aromatic N) is 2. The lowest BCUT2D eigenvalue weighted by molar-refractivity contribution is 0.0939. The van der Waals surface area contributed by atoms with E-state index in [2.05, 4.69) is 51.7 Å². The molecule has 0 saturated heterocycles. The minimum Gasteiger partial charge on any atom is -0.443 e. The predicted octanol–water partition coefficient (Wildman–Crippen LogP) is 5.62. The maximum Gasteiger partial charge on any atom is 0.269 e. The van der Waals surface area contributed by atoms with Crippen LogP contribution in [0.4, 0.5) is 0 Å². The Kier molecular flexibility index (Phi) is 10.1. The molecule has 0 fully saturated rings. The minimum absolute atomic E-state index is 0.240. The number of hydrogen-bond donors (Lipinski definition) is 4. The summed E-state index contributed by atoms with van der Waals surface area (Å²) < 4.78 is 5.73. The van der Waals surface area contributed by atoms with Crippen molar-refractivity contribution in [2.24, 2.45) is 0 Å². The average molecular weight is 549 g/mol. The van der Waals surface area contributed by atoms with Gasteiger partial charge in [0.05, 0.1) is 16.6 Å². The van der Waals surface area contributed by atoms with Gasteiger partial charge in [-0.2, -0.15) is 0 Å². The first kappa shape index (κ1) is 29.0. The molecular weight excluding hydrogens is 508 g/mol. The lowest BCUT2D eigenvalue weighted by Crippen LogP contribution is -2.28. The van der Waals surface area contributed by atoms with Gasteiger partial charge in [-0.25, -0.2) is 9.97 Å². The summed E-state index contributed by atoms with van der Waals surface area (Å²) in [4.78, 5) is 51.9. The first-order chi connectivity index (χ1) is 19.5. The molecule has 3 heterocycles. The highest BCUT2D eigenvalue weighted by atomic mass is 16.3. The van der Waals surface area contributed by atoms with Crippen molar-refractivity contribution in [3.05, 3.63) is 35.5 Å². The summed E-state index contributed by atoms with van der Waals surface area (Å²) in [5.74, 6) is -0.907. The van der Waals surface area contributed by atoms with Crippen LogP contribution in [0.1, 0.15) is 110 Å². The summed E-state index contributed by atoms with van der Waals surface area (Å²) in [6.07, 6.45) is 10.1. The number of aromatic amines is 1. The number of hydrogen-bond acceptors (Lipinski definition) is 6. The van der Waals surface area contributed by atoms with Crippen molar-refractivity contribution in [3.8, 4) is 0 Å². The van der Waals surface area contributed by atoms with E-state index >= 15 is 0 Å². The smallest absolute Gasteiger partial charge is 0.269 e. The molecule has 4 rings (SSSR count). The van der Waals surface area contributed by atoms with Gasteiger partial charge < -0.3 is 25.4 Å². The highest BCUT2D eigenvalue weighted by Gasteiger charge is 2.25. The second-order valence-electron chi connectivity index (χ2n) is 10.2. The predicted molar refractivity (Wildman–Crippen MR) is 157 cm³/mol. The summed E-state index contributed by atoms with van der Waals surface area (Å²) in [7, 11) is 0. The Hall–Kier alpha value is -3.95. The zero-order chi connectivity index (χ0) is 28.5. The van der Waals surface area contributed by atoms with E-state index in [1.807, 2.05) is 0 Å². The number of fused-ring (bicyclic) bond motifs is 6. The third-order valence-corrected chi connectivity index (χ3v) is 7.04. The maximum absolute atomic E-state index is 13.5. The van der Waals surface area contributed by atoms with Gasteiger partial charge in [-0.05, 0) is 31.4 Å². The number of rotatable bonds is 15. The quantitative estimate of drug-likeness (QED) is 0.142. The topological polar surface area (TPSA) is 142 Å². The molecule has 4 N–H and O–H groups in total. The number of unbranched alkanes of at least 4 members (excludes halogenated alkanes) is 6. The molecule has 0 aliphatic heterocycles. The third kappa shape index (κ3) is 6.43. The number of benzene rings is 1. The van der Waals surface area contributed by atoms with Gasteiger partial charge in [-0.1, -0.05) is 59.3 Å². The summed E-state index contributed by atoms with van der Waals surface area (Å²) in [6, 6.07) is 3.24. The number of pyridine rings is 1. The number of H-pyrrole nitrogens is 1. The molecule has 0 atom stereocenters. The van der Waals surface area contributed by atoms with E-state index in [1.165, 1.54) is 6.39 Å². The van der Waals surface area contributed by atoms with Gasteiger partial charge in [0.25, 0.3) is 17.7 Å². The van der Waals surface area contributed by atoms with Gasteiger partial charge in [-0.3, -0.25) is 14.4 Å². The van der Waals surface area contributed by atoms with Crippen LogP contribution in [0.2, 0.25) is 0 Å². The molecule has 0 aliphatic carbocycles. The lowest BCUT2D eigenvalue weighted by Gasteiger charge is -2.13. The second-order valence-corrected chi connectivity index (χ2v) is 10.2. The molecule has 0 spiro atoms. The van der Waals surface area contributed by atoms with Crippen molar-refractivity contribution in [1.82, 2.24) is 30.9 Å². The Bertz CT molecular complexity index is 1490. The van der Waals surface area contributed by atoms with Crippen molar-refractivity contribution < 1.29 is 18.8 Å². The van der Waals surface area contributed by atoms with Gasteiger partial charge in [0.15, 0.2) is 12.0 Å². The SMILES string of the molecule is CCCCCNC(=O)c1cc2c(n1)c1c(C(=O)NCCCCC)cc(C(=O)NCCCCC)[nH]c1c1ncoc21. The third-order valence-electron chi connectivity index (χ3n) is 7.04. The number of aromatic nitrogens is 3. The first-order valence-corrected chi connectivity index (χ1v) is 14.6. The Balaban J connectivity index is 1.82. The van der Waals surface area contributed by atoms with E-state index in [-0.39, 0.29) is 29.1 Å². The monoisotopic (exact) mass is 548 g/mol. The van der Waals surface area contributed by atoms with Gasteiger partial charge in [-0.15, -0.1) is 0 Å². The minimum atomic E-state index is -0.312. The molecule has 4 aromatic rings. The molecule has 0 bridgehead atoms. The van der Waals surface area contributed by atoms with E-state index in [1.54, 1.807) is 12.1 Å². The fourth-order valence-corrected chi connectivity index (χ4v) is 4.83. The van der Waals surface area contributed by atoms with Crippen LogP contribution >= 0.6 is 0 Å². The number of amides is 3. The molecule has 1 aromatic carbocycles. The molecular formula is C30H40N6O4. The van der Waals surface area contributed by atoms with E-state index in [4.69, 9.17) is 4.42 Å². The molecule has 0 radical (unpaired) electrons. The molecule has 0 unspecified atom stereocenters. The fourth-order valence-electron chi connectivity index (χ4n) is 4.83. The van der Waals surface area contributed by atoms with Crippen molar-refractivity contribution in [2.75, 3.05) is 19.6 Å². The van der Waals surface area contributed by atoms with E-state index in [9.17, 15) is 14.4 Å². The van der Waals surface area contributed by atoms with Gasteiger partial charge >= 0.3 is 0 Å². The summed E-state index contributed by atoms with van der Waals surface area (Å²) in [5, 5.41) is 9.94.